The van der Waals surface area contributed by atoms with E-state index in [2.05, 4.69) is 364 Å². The van der Waals surface area contributed by atoms with Gasteiger partial charge in [0, 0.05) is 71.4 Å². The highest BCUT2D eigenvalue weighted by Crippen LogP contribution is 2.42. The van der Waals surface area contributed by atoms with Crippen LogP contribution in [0.3, 0.4) is 0 Å². The Bertz CT molecular complexity index is 7540. The number of para-hydroxylation sites is 1. The SMILES string of the molecule is c1ccc(-c2ccc(-c3nc(-c4ccccc4)nc(-c4ccc(-c5ccc(-c6cccc(-c7nc8c9ccccc9ccc8c8ccccc78)c6)cc5)cc4)n3)cc2)cc1.c1ccc(-c2ccc(-c3nc(-c4ccccc4)nc(-c4ccc(-c5ccc(-c6cccc(-c7nc8ccccc8c8ccc9ccccc9c78)c6)cc5)cc4)n3)cc2)cc1. The summed E-state index contributed by atoms with van der Waals surface area (Å²) in [5.74, 6) is 3.83. The van der Waals surface area contributed by atoms with Gasteiger partial charge in [0.15, 0.2) is 34.9 Å². The maximum absolute atomic E-state index is 5.36. The summed E-state index contributed by atoms with van der Waals surface area (Å²) in [6, 6.07) is 153. The van der Waals surface area contributed by atoms with Gasteiger partial charge in [-0.25, -0.2) is 39.9 Å². The van der Waals surface area contributed by atoms with Gasteiger partial charge in [0.05, 0.1) is 22.4 Å². The zero-order valence-corrected chi connectivity index (χ0v) is 65.1. The van der Waals surface area contributed by atoms with Crippen LogP contribution in [-0.4, -0.2) is 39.9 Å². The summed E-state index contributed by atoms with van der Waals surface area (Å²) in [5.41, 5.74) is 25.6. The Kier molecular flexibility index (Phi) is 18.8. The van der Waals surface area contributed by atoms with Crippen LogP contribution >= 0.6 is 0 Å². The van der Waals surface area contributed by atoms with Gasteiger partial charge in [0.1, 0.15) is 0 Å². The summed E-state index contributed by atoms with van der Waals surface area (Å²) in [4.78, 5) is 40.4. The number of hydrogen-bond acceptors (Lipinski definition) is 8. The molecular weight excluding hydrogens is 1460 g/mol. The Morgan fingerprint density at radius 3 is 0.800 bits per heavy atom. The van der Waals surface area contributed by atoms with Crippen molar-refractivity contribution < 1.29 is 0 Å². The molecule has 8 heteroatoms. The first-order valence-corrected chi connectivity index (χ1v) is 40.4. The van der Waals surface area contributed by atoms with Crippen molar-refractivity contribution in [2.24, 2.45) is 0 Å². The van der Waals surface area contributed by atoms with Crippen LogP contribution in [0.5, 0.6) is 0 Å². The molecule has 0 atom stereocenters. The third-order valence-corrected chi connectivity index (χ3v) is 22.7. The number of pyridine rings is 2. The number of nitrogens with zero attached hydrogens (tertiary/aromatic N) is 8. The van der Waals surface area contributed by atoms with Crippen LogP contribution in [-0.2, 0) is 0 Å². The molecule has 0 amide bonds. The van der Waals surface area contributed by atoms with E-state index in [4.69, 9.17) is 39.9 Å². The molecule has 0 N–H and O–H groups in total. The molecule has 0 aliphatic carbocycles. The summed E-state index contributed by atoms with van der Waals surface area (Å²) < 4.78 is 0. The van der Waals surface area contributed by atoms with E-state index < -0.39 is 0 Å². The molecule has 0 saturated carbocycles. The number of hydrogen-bond donors (Lipinski definition) is 0. The lowest BCUT2D eigenvalue weighted by Gasteiger charge is -2.14. The third kappa shape index (κ3) is 14.2. The van der Waals surface area contributed by atoms with Crippen molar-refractivity contribution in [3.05, 3.63) is 437 Å². The predicted octanol–water partition coefficient (Wildman–Crippen LogP) is 28.8. The van der Waals surface area contributed by atoms with E-state index in [0.29, 0.717) is 34.9 Å². The van der Waals surface area contributed by atoms with Crippen molar-refractivity contribution in [2.75, 3.05) is 0 Å². The zero-order valence-electron chi connectivity index (χ0n) is 65.1. The Balaban J connectivity index is 0.000000148. The van der Waals surface area contributed by atoms with Gasteiger partial charge in [-0.15, -0.1) is 0 Å². The molecule has 22 rings (SSSR count). The molecule has 4 heterocycles. The molecule has 0 radical (unpaired) electrons. The molecule has 0 bridgehead atoms. The first-order chi connectivity index (χ1) is 59.4. The van der Waals surface area contributed by atoms with E-state index in [9.17, 15) is 0 Å². The minimum Gasteiger partial charge on any atom is -0.247 e. The average Bonchev–Trinajstić information content (AvgIpc) is 0.743. The monoisotopic (exact) mass is 1530 g/mol. The van der Waals surface area contributed by atoms with Crippen LogP contribution in [0.1, 0.15) is 0 Å². The molecule has 0 spiro atoms. The normalized spacial score (nSPS) is 11.3. The highest BCUT2D eigenvalue weighted by molar-refractivity contribution is 6.22. The number of fused-ring (bicyclic) bond motifs is 10. The molecule has 22 aromatic rings. The van der Waals surface area contributed by atoms with Gasteiger partial charge in [-0.2, -0.15) is 0 Å². The van der Waals surface area contributed by atoms with E-state index in [0.717, 1.165) is 128 Å². The smallest absolute Gasteiger partial charge is 0.164 e. The highest BCUT2D eigenvalue weighted by Gasteiger charge is 2.20. The average molecular weight is 1530 g/mol. The Morgan fingerprint density at radius 1 is 0.125 bits per heavy atom. The lowest BCUT2D eigenvalue weighted by Crippen LogP contribution is -2.00. The van der Waals surface area contributed by atoms with E-state index in [1.165, 1.54) is 59.6 Å². The van der Waals surface area contributed by atoms with Crippen molar-refractivity contribution in [2.45, 2.75) is 0 Å². The summed E-state index contributed by atoms with van der Waals surface area (Å²) in [6.45, 7) is 0. The third-order valence-electron chi connectivity index (χ3n) is 22.7. The van der Waals surface area contributed by atoms with Crippen LogP contribution < -0.4 is 0 Å². The first-order valence-electron chi connectivity index (χ1n) is 40.4. The van der Waals surface area contributed by atoms with E-state index in [1.54, 1.807) is 0 Å². The summed E-state index contributed by atoms with van der Waals surface area (Å²) in [7, 11) is 0. The maximum Gasteiger partial charge on any atom is 0.164 e. The van der Waals surface area contributed by atoms with Crippen LogP contribution in [0.25, 0.3) is 222 Å². The quantitative estimate of drug-likeness (QED) is 0.0992. The molecule has 4 aromatic heterocycles. The molecule has 0 aliphatic heterocycles. The maximum atomic E-state index is 5.36. The molecule has 8 nitrogen and oxygen atoms in total. The van der Waals surface area contributed by atoms with E-state index >= 15 is 0 Å². The fraction of sp³-hybridized carbons (Fsp3) is 0. The molecule has 0 fully saturated rings. The van der Waals surface area contributed by atoms with Crippen LogP contribution in [0.2, 0.25) is 0 Å². The lowest BCUT2D eigenvalue weighted by atomic mass is 9.93. The van der Waals surface area contributed by atoms with E-state index in [1.807, 2.05) is 72.8 Å². The number of aromatic nitrogens is 8. The molecule has 0 aliphatic rings. The van der Waals surface area contributed by atoms with Crippen LogP contribution in [0.15, 0.2) is 437 Å². The Labute approximate surface area is 694 Å². The van der Waals surface area contributed by atoms with E-state index in [-0.39, 0.29) is 0 Å². The lowest BCUT2D eigenvalue weighted by molar-refractivity contribution is 1.07. The van der Waals surface area contributed by atoms with Gasteiger partial charge < -0.3 is 0 Å². The van der Waals surface area contributed by atoms with Gasteiger partial charge in [-0.05, 0) is 112 Å². The van der Waals surface area contributed by atoms with Crippen molar-refractivity contribution >= 4 is 64.9 Å². The predicted molar refractivity (Wildman–Crippen MR) is 496 cm³/mol. The summed E-state index contributed by atoms with van der Waals surface area (Å²) >= 11 is 0. The Hall–Kier alpha value is -16.2. The molecule has 18 aromatic carbocycles. The Morgan fingerprint density at radius 2 is 0.392 bits per heavy atom. The largest absolute Gasteiger partial charge is 0.247 e. The molecule has 0 saturated heterocycles. The standard InChI is InChI=1S/2C56H36N4/c1-3-12-37(13-4-1)38-26-30-44(31-27-38)55-58-54(43-15-5-2-6-16-43)59-56(60-55)45-32-28-40(29-33-45)39-22-24-41(25-23-39)46-17-11-18-47(36-46)53-52-48-19-8-7-14-42(48)34-35-50(52)49-20-9-10-21-51(49)57-53;1-3-12-37(13-4-1)38-26-30-44(31-27-38)55-58-54(43-15-5-2-6-16-43)59-56(60-55)45-32-28-40(29-33-45)39-22-24-41(25-23-39)46-17-11-18-47(36-46)52-50-21-10-9-20-49(50)51-35-34-42-14-7-8-19-48(42)53(51)57-52/h2*1-36H. The second kappa shape index (κ2) is 31.6. The van der Waals surface area contributed by atoms with Gasteiger partial charge in [0.25, 0.3) is 0 Å². The van der Waals surface area contributed by atoms with Gasteiger partial charge in [-0.3, -0.25) is 0 Å². The van der Waals surface area contributed by atoms with Gasteiger partial charge >= 0.3 is 0 Å². The topological polar surface area (TPSA) is 103 Å². The van der Waals surface area contributed by atoms with Crippen molar-refractivity contribution in [3.63, 3.8) is 0 Å². The summed E-state index contributed by atoms with van der Waals surface area (Å²) in [6.07, 6.45) is 0. The fourth-order valence-corrected chi connectivity index (χ4v) is 16.5. The zero-order chi connectivity index (χ0) is 79.7. The molecule has 0 unspecified atom stereocenters. The van der Waals surface area contributed by atoms with Crippen LogP contribution in [0.4, 0.5) is 0 Å². The second-order valence-electron chi connectivity index (χ2n) is 30.1. The van der Waals surface area contributed by atoms with Gasteiger partial charge in [-0.1, -0.05) is 419 Å². The first kappa shape index (κ1) is 71.6. The molecule has 560 valence electrons. The fourth-order valence-electron chi connectivity index (χ4n) is 16.5. The van der Waals surface area contributed by atoms with Crippen molar-refractivity contribution in [3.8, 4) is 158 Å². The minimum absolute atomic E-state index is 0.634. The van der Waals surface area contributed by atoms with Crippen LogP contribution in [0, 0.1) is 0 Å². The van der Waals surface area contributed by atoms with Crippen molar-refractivity contribution in [1.82, 2.24) is 39.9 Å². The highest BCUT2D eigenvalue weighted by atomic mass is 15.0. The number of benzene rings is 18. The minimum atomic E-state index is 0.634. The second-order valence-corrected chi connectivity index (χ2v) is 30.1. The molecular formula is C112H72N8. The van der Waals surface area contributed by atoms with Crippen molar-refractivity contribution in [1.29, 1.82) is 0 Å². The van der Waals surface area contributed by atoms with Gasteiger partial charge in [0.2, 0.25) is 0 Å². The summed E-state index contributed by atoms with van der Waals surface area (Å²) in [5, 5.41) is 11.9. The molecule has 120 heavy (non-hydrogen) atoms. The number of rotatable bonds is 14.